The van der Waals surface area contributed by atoms with Gasteiger partial charge in [0.15, 0.2) is 0 Å². The molecule has 4 rings (SSSR count). The zero-order valence-electron chi connectivity index (χ0n) is 17.2. The van der Waals surface area contributed by atoms with Crippen molar-refractivity contribution in [1.82, 2.24) is 24.9 Å². The van der Waals surface area contributed by atoms with Crippen LogP contribution in [-0.4, -0.2) is 74.7 Å². The first kappa shape index (κ1) is 21.3. The Morgan fingerprint density at radius 1 is 1.38 bits per heavy atom. The number of hydrogen-bond donors (Lipinski definition) is 2. The molecule has 0 radical (unpaired) electrons. The van der Waals surface area contributed by atoms with Gasteiger partial charge in [-0.1, -0.05) is 0 Å². The Balaban J connectivity index is 0.000000755. The van der Waals surface area contributed by atoms with Gasteiger partial charge in [0.25, 0.3) is 6.47 Å². The molecule has 0 saturated carbocycles. The van der Waals surface area contributed by atoms with Crippen LogP contribution in [0.25, 0.3) is 0 Å². The van der Waals surface area contributed by atoms with E-state index >= 15 is 0 Å². The smallest absolute Gasteiger partial charge is 0.290 e. The van der Waals surface area contributed by atoms with Gasteiger partial charge in [0.05, 0.1) is 12.2 Å². The van der Waals surface area contributed by atoms with Crippen molar-refractivity contribution in [3.63, 3.8) is 0 Å². The summed E-state index contributed by atoms with van der Waals surface area (Å²) in [6.45, 7) is 4.82. The van der Waals surface area contributed by atoms with Crippen LogP contribution in [0.15, 0.2) is 12.4 Å². The number of carbonyl (C=O) groups excluding carboxylic acids is 2. The Kier molecular flexibility index (Phi) is 6.89. The van der Waals surface area contributed by atoms with Gasteiger partial charge in [0.2, 0.25) is 11.8 Å². The van der Waals surface area contributed by atoms with Gasteiger partial charge in [-0.2, -0.15) is 5.10 Å². The summed E-state index contributed by atoms with van der Waals surface area (Å²) in [5, 5.41) is 14.1. The summed E-state index contributed by atoms with van der Waals surface area (Å²) in [4.78, 5) is 37.2. The third kappa shape index (κ3) is 4.95. The molecule has 1 aromatic heterocycles. The molecule has 0 spiro atoms. The number of aromatic nitrogens is 2. The molecule has 0 unspecified atom stereocenters. The van der Waals surface area contributed by atoms with Crippen LogP contribution in [0, 0.1) is 11.8 Å². The first-order valence-corrected chi connectivity index (χ1v) is 10.3. The second kappa shape index (κ2) is 9.39. The van der Waals surface area contributed by atoms with E-state index in [4.69, 9.17) is 9.90 Å². The van der Waals surface area contributed by atoms with Gasteiger partial charge in [-0.05, 0) is 31.1 Å². The highest BCUT2D eigenvalue weighted by atomic mass is 16.3. The van der Waals surface area contributed by atoms with Crippen molar-refractivity contribution in [2.24, 2.45) is 18.9 Å². The zero-order chi connectivity index (χ0) is 21.0. The summed E-state index contributed by atoms with van der Waals surface area (Å²) in [5.74, 6) is 1.24. The Morgan fingerprint density at radius 2 is 2.10 bits per heavy atom. The monoisotopic (exact) mass is 405 g/mol. The van der Waals surface area contributed by atoms with Crippen LogP contribution in [0.5, 0.6) is 0 Å². The van der Waals surface area contributed by atoms with E-state index in [1.165, 1.54) is 12.0 Å². The van der Waals surface area contributed by atoms with Crippen LogP contribution in [0.3, 0.4) is 0 Å². The van der Waals surface area contributed by atoms with Crippen LogP contribution >= 0.6 is 0 Å². The molecule has 1 aromatic rings. The quantitative estimate of drug-likeness (QED) is 0.705. The van der Waals surface area contributed by atoms with Gasteiger partial charge in [-0.25, -0.2) is 0 Å². The van der Waals surface area contributed by atoms with Crippen molar-refractivity contribution in [2.45, 2.75) is 51.2 Å². The highest BCUT2D eigenvalue weighted by molar-refractivity contribution is 5.78. The maximum absolute atomic E-state index is 12.7. The van der Waals surface area contributed by atoms with Gasteiger partial charge >= 0.3 is 0 Å². The van der Waals surface area contributed by atoms with Crippen molar-refractivity contribution in [3.05, 3.63) is 18.0 Å². The minimum Gasteiger partial charge on any atom is -0.483 e. The number of carboxylic acid groups (broad SMARTS) is 1. The van der Waals surface area contributed by atoms with E-state index < -0.39 is 0 Å². The molecule has 2 amide bonds. The minimum atomic E-state index is -0.250. The number of piperidine rings is 3. The molecule has 9 nitrogen and oxygen atoms in total. The molecule has 2 N–H and O–H groups in total. The Bertz CT molecular complexity index is 736. The SMILES string of the molecule is CC(=O)NC[C@H]1[C@H]2C[C@H](CN(Cc3cnn(C)c3)C2)[C@@H]2CCCC(=O)N21.O=CO. The van der Waals surface area contributed by atoms with E-state index in [0.717, 1.165) is 32.5 Å². The second-order valence-corrected chi connectivity index (χ2v) is 8.34. The van der Waals surface area contributed by atoms with Crippen molar-refractivity contribution in [3.8, 4) is 0 Å². The summed E-state index contributed by atoms with van der Waals surface area (Å²) in [6.07, 6.45) is 7.94. The average molecular weight is 405 g/mol. The van der Waals surface area contributed by atoms with Crippen LogP contribution in [0.2, 0.25) is 0 Å². The lowest BCUT2D eigenvalue weighted by Gasteiger charge is -2.56. The first-order chi connectivity index (χ1) is 13.9. The topological polar surface area (TPSA) is 108 Å². The molecule has 2 bridgehead atoms. The summed E-state index contributed by atoms with van der Waals surface area (Å²) >= 11 is 0. The van der Waals surface area contributed by atoms with Gasteiger partial charge in [0.1, 0.15) is 0 Å². The summed E-state index contributed by atoms with van der Waals surface area (Å²) in [7, 11) is 1.95. The molecule has 3 saturated heterocycles. The average Bonchev–Trinajstić information content (AvgIpc) is 3.07. The third-order valence-electron chi connectivity index (χ3n) is 6.30. The van der Waals surface area contributed by atoms with E-state index in [1.54, 1.807) is 6.92 Å². The minimum absolute atomic E-state index is 0.0174. The van der Waals surface area contributed by atoms with Crippen molar-refractivity contribution >= 4 is 18.3 Å². The van der Waals surface area contributed by atoms with Crippen LogP contribution in [0.1, 0.15) is 38.2 Å². The lowest BCUT2D eigenvalue weighted by molar-refractivity contribution is -0.153. The predicted molar refractivity (Wildman–Crippen MR) is 106 cm³/mol. The number of rotatable bonds is 4. The number of hydrogen-bond acceptors (Lipinski definition) is 5. The highest BCUT2D eigenvalue weighted by Gasteiger charge is 2.49. The molecule has 4 heterocycles. The fourth-order valence-electron chi connectivity index (χ4n) is 5.32. The number of aryl methyl sites for hydroxylation is 1. The number of nitrogens with zero attached hydrogens (tertiary/aromatic N) is 4. The first-order valence-electron chi connectivity index (χ1n) is 10.3. The molecule has 0 aliphatic carbocycles. The van der Waals surface area contributed by atoms with Gasteiger partial charge in [-0.15, -0.1) is 0 Å². The zero-order valence-corrected chi connectivity index (χ0v) is 17.2. The maximum Gasteiger partial charge on any atom is 0.290 e. The van der Waals surface area contributed by atoms with E-state index in [1.807, 2.05) is 17.9 Å². The molecular formula is C20H31N5O4. The Morgan fingerprint density at radius 3 is 2.76 bits per heavy atom. The lowest BCUT2D eigenvalue weighted by atomic mass is 9.72. The molecule has 29 heavy (non-hydrogen) atoms. The number of likely N-dealkylation sites (tertiary alicyclic amines) is 1. The van der Waals surface area contributed by atoms with Gasteiger partial charge < -0.3 is 15.3 Å². The number of carbonyl (C=O) groups is 3. The van der Waals surface area contributed by atoms with Crippen molar-refractivity contribution in [1.29, 1.82) is 0 Å². The molecule has 3 aliphatic rings. The summed E-state index contributed by atoms with van der Waals surface area (Å²) in [6, 6.07) is 0.465. The lowest BCUT2D eigenvalue weighted by Crippen LogP contribution is -2.66. The predicted octanol–water partition coefficient (Wildman–Crippen LogP) is 0.458. The molecular weight excluding hydrogens is 374 g/mol. The fraction of sp³-hybridized carbons (Fsp3) is 0.700. The van der Waals surface area contributed by atoms with Crippen LogP contribution in [-0.2, 0) is 28.0 Å². The van der Waals surface area contributed by atoms with Gasteiger partial charge in [-0.3, -0.25) is 24.0 Å². The van der Waals surface area contributed by atoms with Crippen LogP contribution in [0.4, 0.5) is 0 Å². The standard InChI is InChI=1S/C19H29N5O2.CH2O2/c1-13(25)20-8-18-16-6-15(17-4-3-5-19(26)24(17)18)11-23(12-16)10-14-7-21-22(2)9-14;2-1-3/h7,9,15-18H,3-6,8,10-12H2,1-2H3,(H,20,25);1H,(H,2,3)/t15-,16+,17+,18+;/m1./s1. The fourth-order valence-corrected chi connectivity index (χ4v) is 5.32. The Labute approximate surface area is 171 Å². The molecule has 3 fully saturated rings. The summed E-state index contributed by atoms with van der Waals surface area (Å²) < 4.78 is 1.85. The number of nitrogens with one attached hydrogen (secondary N) is 1. The van der Waals surface area contributed by atoms with E-state index in [9.17, 15) is 9.59 Å². The van der Waals surface area contributed by atoms with Crippen molar-refractivity contribution in [2.75, 3.05) is 19.6 Å². The normalized spacial score (nSPS) is 28.8. The highest BCUT2D eigenvalue weighted by Crippen LogP contribution is 2.41. The largest absolute Gasteiger partial charge is 0.483 e. The maximum atomic E-state index is 12.7. The van der Waals surface area contributed by atoms with E-state index in [-0.39, 0.29) is 24.3 Å². The molecule has 0 aromatic carbocycles. The van der Waals surface area contributed by atoms with Crippen LogP contribution < -0.4 is 5.32 Å². The molecule has 9 heteroatoms. The second-order valence-electron chi connectivity index (χ2n) is 8.34. The third-order valence-corrected chi connectivity index (χ3v) is 6.30. The Hall–Kier alpha value is -2.42. The number of fused-ring (bicyclic) bond motifs is 4. The van der Waals surface area contributed by atoms with E-state index in [0.29, 0.717) is 30.8 Å². The van der Waals surface area contributed by atoms with E-state index in [2.05, 4.69) is 26.4 Å². The summed E-state index contributed by atoms with van der Waals surface area (Å²) in [5.41, 5.74) is 1.24. The number of amides is 2. The molecule has 160 valence electrons. The molecule has 4 atom stereocenters. The molecule has 3 aliphatic heterocycles. The van der Waals surface area contributed by atoms with Crippen molar-refractivity contribution < 1.29 is 19.5 Å². The van der Waals surface area contributed by atoms with Gasteiger partial charge in [0, 0.05) is 64.4 Å².